The van der Waals surface area contributed by atoms with E-state index in [4.69, 9.17) is 0 Å². The molecule has 4 heterocycles. The van der Waals surface area contributed by atoms with Crippen molar-refractivity contribution in [3.8, 4) is 11.3 Å². The first-order valence-corrected chi connectivity index (χ1v) is 13.6. The SMILES string of the molecule is CCc1c(-c2ccnc(C)c2)[nH]c2ccc(C3CCN(C(=O)C4CC5(CCNCC5)C4)CC3)cc12. The van der Waals surface area contributed by atoms with Crippen LogP contribution in [0.25, 0.3) is 22.2 Å². The number of hydrogen-bond acceptors (Lipinski definition) is 3. The fourth-order valence-electron chi connectivity index (χ4n) is 7.05. The maximum atomic E-state index is 13.2. The zero-order chi connectivity index (χ0) is 24.0. The van der Waals surface area contributed by atoms with Gasteiger partial charge in [0.1, 0.15) is 0 Å². The highest BCUT2D eigenvalue weighted by Crippen LogP contribution is 2.52. The van der Waals surface area contributed by atoms with Crippen LogP contribution >= 0.6 is 0 Å². The molecule has 184 valence electrons. The van der Waals surface area contributed by atoms with Gasteiger partial charge in [-0.05, 0) is 112 Å². The summed E-state index contributed by atoms with van der Waals surface area (Å²) in [5.41, 5.74) is 7.96. The van der Waals surface area contributed by atoms with Crippen LogP contribution in [0.4, 0.5) is 0 Å². The van der Waals surface area contributed by atoms with Gasteiger partial charge in [-0.15, -0.1) is 0 Å². The molecule has 5 nitrogen and oxygen atoms in total. The third kappa shape index (κ3) is 4.18. The molecule has 1 aromatic carbocycles. The van der Waals surface area contributed by atoms with E-state index in [-0.39, 0.29) is 5.92 Å². The molecular formula is C30H38N4O. The number of amides is 1. The zero-order valence-corrected chi connectivity index (χ0v) is 21.2. The van der Waals surface area contributed by atoms with Crippen LogP contribution in [0.3, 0.4) is 0 Å². The molecule has 0 radical (unpaired) electrons. The average Bonchev–Trinajstić information content (AvgIpc) is 3.25. The van der Waals surface area contributed by atoms with Crippen molar-refractivity contribution in [3.05, 3.63) is 53.3 Å². The number of aryl methyl sites for hydroxylation is 2. The van der Waals surface area contributed by atoms with Crippen molar-refractivity contribution >= 4 is 16.8 Å². The van der Waals surface area contributed by atoms with Gasteiger partial charge in [0, 0.05) is 53.1 Å². The standard InChI is InChI=1S/C30H38N4O/c1-3-25-26-17-22(4-5-27(26)33-28(25)23-6-11-32-20(2)16-23)21-7-14-34(15-8-21)29(35)24-18-30(19-24)9-12-31-13-10-30/h4-6,11,16-17,21,24,31,33H,3,7-10,12-15,18-19H2,1-2H3. The molecule has 2 N–H and O–H groups in total. The first-order valence-electron chi connectivity index (χ1n) is 13.6. The molecule has 6 rings (SSSR count). The van der Waals surface area contributed by atoms with Gasteiger partial charge in [0.15, 0.2) is 0 Å². The van der Waals surface area contributed by atoms with Gasteiger partial charge in [-0.25, -0.2) is 0 Å². The number of hydrogen-bond donors (Lipinski definition) is 2. The van der Waals surface area contributed by atoms with Crippen molar-refractivity contribution in [1.29, 1.82) is 0 Å². The lowest BCUT2D eigenvalue weighted by Crippen LogP contribution is -2.52. The van der Waals surface area contributed by atoms with E-state index in [1.165, 1.54) is 46.1 Å². The van der Waals surface area contributed by atoms with Gasteiger partial charge < -0.3 is 15.2 Å². The van der Waals surface area contributed by atoms with Crippen LogP contribution in [0.2, 0.25) is 0 Å². The summed E-state index contributed by atoms with van der Waals surface area (Å²) in [6.07, 6.45) is 9.78. The number of nitrogens with one attached hydrogen (secondary N) is 2. The zero-order valence-electron chi connectivity index (χ0n) is 21.2. The Bertz CT molecular complexity index is 1220. The summed E-state index contributed by atoms with van der Waals surface area (Å²) in [6, 6.07) is 11.2. The summed E-state index contributed by atoms with van der Waals surface area (Å²) >= 11 is 0. The van der Waals surface area contributed by atoms with Gasteiger partial charge >= 0.3 is 0 Å². The summed E-state index contributed by atoms with van der Waals surface area (Å²) < 4.78 is 0. The number of fused-ring (bicyclic) bond motifs is 1. The maximum absolute atomic E-state index is 13.2. The molecule has 1 spiro atoms. The molecule has 1 amide bonds. The summed E-state index contributed by atoms with van der Waals surface area (Å²) in [5.74, 6) is 1.24. The van der Waals surface area contributed by atoms with E-state index in [1.54, 1.807) is 0 Å². The summed E-state index contributed by atoms with van der Waals surface area (Å²) in [5, 5.41) is 4.81. The highest BCUT2D eigenvalue weighted by atomic mass is 16.2. The van der Waals surface area contributed by atoms with Crippen LogP contribution in [0.5, 0.6) is 0 Å². The molecule has 5 heteroatoms. The largest absolute Gasteiger partial charge is 0.354 e. The lowest BCUT2D eigenvalue weighted by Gasteiger charge is -2.51. The number of pyridine rings is 1. The first-order chi connectivity index (χ1) is 17.0. The lowest BCUT2D eigenvalue weighted by atomic mass is 9.57. The molecule has 2 aliphatic heterocycles. The number of benzene rings is 1. The second-order valence-corrected chi connectivity index (χ2v) is 11.3. The van der Waals surface area contributed by atoms with E-state index in [2.05, 4.69) is 57.4 Å². The van der Waals surface area contributed by atoms with Crippen LogP contribution in [0.15, 0.2) is 36.5 Å². The molecule has 0 unspecified atom stereocenters. The van der Waals surface area contributed by atoms with Gasteiger partial charge in [0.25, 0.3) is 0 Å². The number of carbonyl (C=O) groups is 1. The van der Waals surface area contributed by atoms with Crippen LogP contribution in [-0.2, 0) is 11.2 Å². The minimum absolute atomic E-state index is 0.281. The number of carbonyl (C=O) groups excluding carboxylic acids is 1. The highest BCUT2D eigenvalue weighted by Gasteiger charge is 2.48. The quantitative estimate of drug-likeness (QED) is 0.523. The predicted octanol–water partition coefficient (Wildman–Crippen LogP) is 5.59. The second kappa shape index (κ2) is 9.09. The lowest BCUT2D eigenvalue weighted by molar-refractivity contribution is -0.145. The predicted molar refractivity (Wildman–Crippen MR) is 141 cm³/mol. The molecule has 3 aromatic rings. The number of nitrogens with zero attached hydrogens (tertiary/aromatic N) is 2. The molecule has 3 fully saturated rings. The highest BCUT2D eigenvalue weighted by molar-refractivity contribution is 5.91. The van der Waals surface area contributed by atoms with Crippen molar-refractivity contribution in [2.24, 2.45) is 11.3 Å². The molecule has 3 aliphatic rings. The van der Waals surface area contributed by atoms with Crippen LogP contribution in [0.1, 0.15) is 68.2 Å². The van der Waals surface area contributed by atoms with Crippen LogP contribution in [0, 0.1) is 18.3 Å². The Morgan fingerprint density at radius 3 is 2.60 bits per heavy atom. The summed E-state index contributed by atoms with van der Waals surface area (Å²) in [6.45, 7) is 8.35. The average molecular weight is 471 g/mol. The Hall–Kier alpha value is -2.66. The maximum Gasteiger partial charge on any atom is 0.225 e. The molecule has 1 saturated carbocycles. The van der Waals surface area contributed by atoms with Gasteiger partial charge in [-0.3, -0.25) is 9.78 Å². The number of piperidine rings is 2. The van der Waals surface area contributed by atoms with Gasteiger partial charge in [0.05, 0.1) is 0 Å². The Morgan fingerprint density at radius 2 is 1.89 bits per heavy atom. The monoisotopic (exact) mass is 470 g/mol. The Balaban J connectivity index is 1.14. The molecule has 2 aromatic heterocycles. The molecule has 0 bridgehead atoms. The Labute approximate surface area is 208 Å². The van der Waals surface area contributed by atoms with Gasteiger partial charge in [-0.1, -0.05) is 13.0 Å². The minimum Gasteiger partial charge on any atom is -0.354 e. The molecular weight excluding hydrogens is 432 g/mol. The molecule has 2 saturated heterocycles. The van der Waals surface area contributed by atoms with E-state index < -0.39 is 0 Å². The Kier molecular flexibility index (Phi) is 5.92. The minimum atomic E-state index is 0.281. The van der Waals surface area contributed by atoms with Gasteiger partial charge in [-0.2, -0.15) is 0 Å². The third-order valence-corrected chi connectivity index (χ3v) is 9.12. The summed E-state index contributed by atoms with van der Waals surface area (Å²) in [4.78, 5) is 23.4. The van der Waals surface area contributed by atoms with Crippen LogP contribution < -0.4 is 5.32 Å². The number of H-pyrrole nitrogens is 1. The fraction of sp³-hybridized carbons (Fsp3) is 0.533. The normalized spacial score (nSPS) is 20.9. The molecule has 1 aliphatic carbocycles. The van der Waals surface area contributed by atoms with Crippen molar-refractivity contribution in [2.75, 3.05) is 26.2 Å². The van der Waals surface area contributed by atoms with E-state index in [0.717, 1.165) is 64.0 Å². The van der Waals surface area contributed by atoms with E-state index in [0.29, 0.717) is 17.2 Å². The third-order valence-electron chi connectivity index (χ3n) is 9.12. The van der Waals surface area contributed by atoms with Gasteiger partial charge in [0.2, 0.25) is 5.91 Å². The number of aromatic nitrogens is 2. The molecule has 0 atom stereocenters. The fourth-order valence-corrected chi connectivity index (χ4v) is 7.05. The van der Waals surface area contributed by atoms with Crippen molar-refractivity contribution in [2.45, 2.75) is 64.7 Å². The van der Waals surface area contributed by atoms with Crippen molar-refractivity contribution in [3.63, 3.8) is 0 Å². The summed E-state index contributed by atoms with van der Waals surface area (Å²) in [7, 11) is 0. The van der Waals surface area contributed by atoms with Crippen LogP contribution in [-0.4, -0.2) is 47.0 Å². The smallest absolute Gasteiger partial charge is 0.225 e. The van der Waals surface area contributed by atoms with E-state index in [9.17, 15) is 4.79 Å². The van der Waals surface area contributed by atoms with E-state index >= 15 is 0 Å². The molecule has 35 heavy (non-hydrogen) atoms. The second-order valence-electron chi connectivity index (χ2n) is 11.3. The number of rotatable bonds is 4. The van der Waals surface area contributed by atoms with Crippen molar-refractivity contribution < 1.29 is 4.79 Å². The van der Waals surface area contributed by atoms with Crippen molar-refractivity contribution in [1.82, 2.24) is 20.2 Å². The Morgan fingerprint density at radius 1 is 1.11 bits per heavy atom. The first kappa shape index (κ1) is 22.8. The number of likely N-dealkylation sites (tertiary alicyclic amines) is 1. The number of aromatic amines is 1. The van der Waals surface area contributed by atoms with E-state index in [1.807, 2.05) is 13.1 Å². The topological polar surface area (TPSA) is 61.0 Å².